The van der Waals surface area contributed by atoms with Crippen LogP contribution >= 0.6 is 0 Å². The van der Waals surface area contributed by atoms with E-state index in [1.54, 1.807) is 0 Å². The van der Waals surface area contributed by atoms with E-state index in [0.717, 1.165) is 53.9 Å². The lowest BCUT2D eigenvalue weighted by Gasteiger charge is -2.40. The molecular formula is C20H16O3. The zero-order chi connectivity index (χ0) is 15.4. The summed E-state index contributed by atoms with van der Waals surface area (Å²) in [5.41, 5.74) is 2.90. The highest BCUT2D eigenvalue weighted by molar-refractivity contribution is 5.96. The van der Waals surface area contributed by atoms with Crippen LogP contribution in [0.4, 0.5) is 0 Å². The maximum Gasteiger partial charge on any atom is 0.340 e. The Morgan fingerprint density at radius 3 is 2.52 bits per heavy atom. The van der Waals surface area contributed by atoms with E-state index in [0.29, 0.717) is 5.56 Å². The van der Waals surface area contributed by atoms with Gasteiger partial charge in [0.05, 0.1) is 5.56 Å². The summed E-state index contributed by atoms with van der Waals surface area (Å²) in [7, 11) is 0. The van der Waals surface area contributed by atoms with Gasteiger partial charge in [-0.1, -0.05) is 36.4 Å². The zero-order valence-electron chi connectivity index (χ0n) is 12.7. The highest BCUT2D eigenvalue weighted by atomic mass is 16.6. The van der Waals surface area contributed by atoms with E-state index in [2.05, 4.69) is 0 Å². The van der Waals surface area contributed by atoms with E-state index in [1.165, 1.54) is 0 Å². The van der Waals surface area contributed by atoms with Gasteiger partial charge in [0, 0.05) is 23.1 Å². The first-order valence-corrected chi connectivity index (χ1v) is 8.13. The second kappa shape index (κ2) is 4.48. The molecule has 3 aliphatic rings. The molecular weight excluding hydrogens is 288 g/mol. The summed E-state index contributed by atoms with van der Waals surface area (Å²) < 4.78 is 12.2. The van der Waals surface area contributed by atoms with Gasteiger partial charge in [-0.25, -0.2) is 4.79 Å². The van der Waals surface area contributed by atoms with Gasteiger partial charge < -0.3 is 9.47 Å². The minimum atomic E-state index is -0.793. The number of hydrogen-bond acceptors (Lipinski definition) is 3. The SMILES string of the molecule is O=C1OC2(C3=C(CCCC3)Oc3ccccc32)c2ccccc21. The molecule has 3 heteroatoms. The smallest absolute Gasteiger partial charge is 0.340 e. The monoisotopic (exact) mass is 304 g/mol. The van der Waals surface area contributed by atoms with Crippen molar-refractivity contribution >= 4 is 5.97 Å². The van der Waals surface area contributed by atoms with E-state index in [-0.39, 0.29) is 5.97 Å². The van der Waals surface area contributed by atoms with Gasteiger partial charge >= 0.3 is 5.97 Å². The van der Waals surface area contributed by atoms with Gasteiger partial charge in [-0.3, -0.25) is 0 Å². The minimum Gasteiger partial charge on any atom is -0.461 e. The van der Waals surface area contributed by atoms with Crippen molar-refractivity contribution < 1.29 is 14.3 Å². The molecule has 0 amide bonds. The van der Waals surface area contributed by atoms with Crippen molar-refractivity contribution in [2.24, 2.45) is 0 Å². The largest absolute Gasteiger partial charge is 0.461 e. The molecule has 2 aliphatic heterocycles. The number of carbonyl (C=O) groups is 1. The summed E-state index contributed by atoms with van der Waals surface area (Å²) in [6, 6.07) is 15.7. The lowest BCUT2D eigenvalue weighted by molar-refractivity contribution is 0.0177. The van der Waals surface area contributed by atoms with E-state index in [1.807, 2.05) is 48.5 Å². The van der Waals surface area contributed by atoms with Crippen LogP contribution in [0.3, 0.4) is 0 Å². The molecule has 23 heavy (non-hydrogen) atoms. The van der Waals surface area contributed by atoms with E-state index >= 15 is 0 Å². The molecule has 1 unspecified atom stereocenters. The van der Waals surface area contributed by atoms with Crippen molar-refractivity contribution in [3.63, 3.8) is 0 Å². The van der Waals surface area contributed by atoms with Gasteiger partial charge in [-0.2, -0.15) is 0 Å². The zero-order valence-corrected chi connectivity index (χ0v) is 12.7. The van der Waals surface area contributed by atoms with Crippen LogP contribution in [0.15, 0.2) is 59.9 Å². The predicted octanol–water partition coefficient (Wildman–Crippen LogP) is 4.32. The Balaban J connectivity index is 1.87. The van der Waals surface area contributed by atoms with Crippen molar-refractivity contribution in [1.82, 2.24) is 0 Å². The van der Waals surface area contributed by atoms with E-state index in [9.17, 15) is 4.79 Å². The molecule has 0 fully saturated rings. The van der Waals surface area contributed by atoms with E-state index in [4.69, 9.17) is 9.47 Å². The molecule has 1 aliphatic carbocycles. The highest BCUT2D eigenvalue weighted by Gasteiger charge is 2.54. The molecule has 0 bridgehead atoms. The number of allylic oxidation sites excluding steroid dienone is 1. The number of ether oxygens (including phenoxy) is 2. The lowest BCUT2D eigenvalue weighted by atomic mass is 9.73. The van der Waals surface area contributed by atoms with Gasteiger partial charge in [0.1, 0.15) is 11.5 Å². The Hall–Kier alpha value is -2.55. The van der Waals surface area contributed by atoms with Crippen LogP contribution in [0.1, 0.15) is 47.2 Å². The van der Waals surface area contributed by atoms with Crippen molar-refractivity contribution in [3.8, 4) is 5.75 Å². The molecule has 0 saturated carbocycles. The topological polar surface area (TPSA) is 35.5 Å². The van der Waals surface area contributed by atoms with Crippen LogP contribution in [0, 0.1) is 0 Å². The molecule has 0 aromatic heterocycles. The maximum atomic E-state index is 12.5. The molecule has 5 rings (SSSR count). The summed E-state index contributed by atoms with van der Waals surface area (Å²) in [6.07, 6.45) is 4.04. The Kier molecular flexibility index (Phi) is 2.52. The first-order chi connectivity index (χ1) is 11.3. The fourth-order valence-corrected chi connectivity index (χ4v) is 4.15. The molecule has 2 aromatic rings. The Bertz CT molecular complexity index is 865. The summed E-state index contributed by atoms with van der Waals surface area (Å²) in [5, 5.41) is 0. The number of fused-ring (bicyclic) bond motifs is 5. The molecule has 2 aromatic carbocycles. The normalized spacial score (nSPS) is 24.6. The number of carbonyl (C=O) groups excluding carboxylic acids is 1. The first kappa shape index (κ1) is 12.9. The second-order valence-electron chi connectivity index (χ2n) is 6.32. The summed E-state index contributed by atoms with van der Waals surface area (Å²) in [5.74, 6) is 1.55. The molecule has 0 radical (unpaired) electrons. The molecule has 3 nitrogen and oxygen atoms in total. The Morgan fingerprint density at radius 2 is 1.61 bits per heavy atom. The van der Waals surface area contributed by atoms with Gasteiger partial charge in [0.25, 0.3) is 0 Å². The van der Waals surface area contributed by atoms with Gasteiger partial charge in [-0.05, 0) is 31.4 Å². The third kappa shape index (κ3) is 1.57. The Labute approximate surface area is 134 Å². The Morgan fingerprint density at radius 1 is 0.870 bits per heavy atom. The van der Waals surface area contributed by atoms with Crippen molar-refractivity contribution in [2.45, 2.75) is 31.3 Å². The average Bonchev–Trinajstić information content (AvgIpc) is 2.90. The first-order valence-electron chi connectivity index (χ1n) is 8.13. The standard InChI is InChI=1S/C20H16O3/c21-19-13-7-1-2-8-14(13)20(23-19)15-9-3-5-11-17(15)22-18-12-6-4-10-16(18)20/h1-3,5,7-9,11H,4,6,10,12H2. The predicted molar refractivity (Wildman–Crippen MR) is 85.2 cm³/mol. The van der Waals surface area contributed by atoms with Crippen LogP contribution < -0.4 is 4.74 Å². The fraction of sp³-hybridized carbons (Fsp3) is 0.250. The van der Waals surface area contributed by atoms with Crippen molar-refractivity contribution in [2.75, 3.05) is 0 Å². The second-order valence-corrected chi connectivity index (χ2v) is 6.32. The lowest BCUT2D eigenvalue weighted by Crippen LogP contribution is -2.36. The van der Waals surface area contributed by atoms with Crippen LogP contribution in [0.25, 0.3) is 0 Å². The number of para-hydroxylation sites is 1. The number of rotatable bonds is 0. The highest BCUT2D eigenvalue weighted by Crippen LogP contribution is 2.56. The molecule has 0 saturated heterocycles. The minimum absolute atomic E-state index is 0.241. The van der Waals surface area contributed by atoms with E-state index < -0.39 is 5.60 Å². The summed E-state index contributed by atoms with van der Waals surface area (Å²) in [4.78, 5) is 12.5. The molecule has 1 spiro atoms. The van der Waals surface area contributed by atoms with Gasteiger partial charge in [0.2, 0.25) is 0 Å². The fourth-order valence-electron chi connectivity index (χ4n) is 4.15. The number of esters is 1. The summed E-state index contributed by atoms with van der Waals surface area (Å²) >= 11 is 0. The van der Waals surface area contributed by atoms with Crippen LogP contribution in [-0.2, 0) is 10.3 Å². The van der Waals surface area contributed by atoms with Crippen molar-refractivity contribution in [1.29, 1.82) is 0 Å². The molecule has 2 heterocycles. The molecule has 114 valence electrons. The molecule has 1 atom stereocenters. The van der Waals surface area contributed by atoms with Crippen LogP contribution in [0.5, 0.6) is 5.75 Å². The molecule has 0 N–H and O–H groups in total. The number of benzene rings is 2. The van der Waals surface area contributed by atoms with Gasteiger partial charge in [-0.15, -0.1) is 0 Å². The third-order valence-corrected chi connectivity index (χ3v) is 5.11. The number of hydrogen-bond donors (Lipinski definition) is 0. The van der Waals surface area contributed by atoms with Gasteiger partial charge in [0.15, 0.2) is 5.60 Å². The average molecular weight is 304 g/mol. The van der Waals surface area contributed by atoms with Crippen LogP contribution in [-0.4, -0.2) is 5.97 Å². The van der Waals surface area contributed by atoms with Crippen molar-refractivity contribution in [3.05, 3.63) is 76.6 Å². The quantitative estimate of drug-likeness (QED) is 0.680. The third-order valence-electron chi connectivity index (χ3n) is 5.11. The summed E-state index contributed by atoms with van der Waals surface area (Å²) in [6.45, 7) is 0. The maximum absolute atomic E-state index is 12.5. The van der Waals surface area contributed by atoms with Crippen LogP contribution in [0.2, 0.25) is 0 Å².